The number of amides is 1. The van der Waals surface area contributed by atoms with Crippen molar-refractivity contribution in [2.24, 2.45) is 0 Å². The summed E-state index contributed by atoms with van der Waals surface area (Å²) in [6, 6.07) is 2.84. The normalized spacial score (nSPS) is 15.5. The Morgan fingerprint density at radius 1 is 1.21 bits per heavy atom. The number of hydrogen-bond donors (Lipinski definition) is 0. The van der Waals surface area contributed by atoms with Crippen molar-refractivity contribution in [3.8, 4) is 5.75 Å². The van der Waals surface area contributed by atoms with Crippen LogP contribution >= 0.6 is 11.6 Å². The lowest BCUT2D eigenvalue weighted by Gasteiger charge is -2.30. The van der Waals surface area contributed by atoms with Gasteiger partial charge < -0.3 is 19.2 Å². The van der Waals surface area contributed by atoms with Crippen LogP contribution < -0.4 is 4.74 Å². The van der Waals surface area contributed by atoms with E-state index in [0.717, 1.165) is 11.0 Å². The molecule has 13 heteroatoms. The summed E-state index contributed by atoms with van der Waals surface area (Å²) in [4.78, 5) is 39.6. The Balaban J connectivity index is 2.21. The number of esters is 1. The van der Waals surface area contributed by atoms with Crippen LogP contribution in [0, 0.1) is 10.1 Å². The Labute approximate surface area is 198 Å². The highest BCUT2D eigenvalue weighted by atomic mass is 35.5. The molecule has 0 saturated carbocycles. The lowest BCUT2D eigenvalue weighted by molar-refractivity contribution is -0.757. The quantitative estimate of drug-likeness (QED) is 0.297. The lowest BCUT2D eigenvalue weighted by Crippen LogP contribution is -2.41. The van der Waals surface area contributed by atoms with Crippen molar-refractivity contribution in [1.29, 1.82) is 0 Å². The number of benzene rings is 1. The molecule has 1 aliphatic rings. The number of carbonyl (C=O) groups excluding carboxylic acids is 2. The highest BCUT2D eigenvalue weighted by molar-refractivity contribution is 6.31. The van der Waals surface area contributed by atoms with Crippen LogP contribution in [0.5, 0.6) is 5.75 Å². The van der Waals surface area contributed by atoms with Gasteiger partial charge in [-0.3, -0.25) is 4.79 Å². The third-order valence-electron chi connectivity index (χ3n) is 4.88. The Morgan fingerprint density at radius 2 is 1.82 bits per heavy atom. The van der Waals surface area contributed by atoms with Crippen LogP contribution in [-0.2, 0) is 24.6 Å². The van der Waals surface area contributed by atoms with E-state index >= 15 is 0 Å². The largest absolute Gasteiger partial charge is 0.475 e. The minimum atomic E-state index is -4.91. The maximum absolute atomic E-state index is 13.7. The molecule has 2 rings (SSSR count). The Bertz CT molecular complexity index is 990. The fourth-order valence-corrected chi connectivity index (χ4v) is 3.64. The number of nitrogens with zero attached hydrogens (tertiary/aromatic N) is 2. The second-order valence-corrected chi connectivity index (χ2v) is 8.87. The summed E-state index contributed by atoms with van der Waals surface area (Å²) in [6.45, 7) is 5.47. The number of hydrogen-bond acceptors (Lipinski definition) is 7. The van der Waals surface area contributed by atoms with Gasteiger partial charge in [0.15, 0.2) is 0 Å². The summed E-state index contributed by atoms with van der Waals surface area (Å²) in [6.07, 6.45) is -6.44. The van der Waals surface area contributed by atoms with Gasteiger partial charge in [0.2, 0.25) is 12.0 Å². The van der Waals surface area contributed by atoms with E-state index in [1.54, 1.807) is 0 Å². The van der Waals surface area contributed by atoms with Crippen molar-refractivity contribution in [3.63, 3.8) is 0 Å². The van der Waals surface area contributed by atoms with E-state index in [0.29, 0.717) is 10.6 Å². The summed E-state index contributed by atoms with van der Waals surface area (Å²) in [5.74, 6) is -1.84. The molecule has 0 bridgehead atoms. The highest BCUT2D eigenvalue weighted by Crippen LogP contribution is 2.42. The van der Waals surface area contributed by atoms with Crippen LogP contribution in [0.4, 0.5) is 13.2 Å². The number of rotatable bonds is 8. The Morgan fingerprint density at radius 3 is 2.35 bits per heavy atom. The second kappa shape index (κ2) is 10.5. The molecule has 0 radical (unpaired) electrons. The van der Waals surface area contributed by atoms with Gasteiger partial charge in [-0.15, -0.1) is 10.1 Å². The summed E-state index contributed by atoms with van der Waals surface area (Å²) in [5.41, 5.74) is -0.462. The molecule has 1 aromatic rings. The molecule has 1 heterocycles. The molecule has 188 valence electrons. The van der Waals surface area contributed by atoms with Crippen molar-refractivity contribution in [2.75, 3.05) is 26.3 Å². The van der Waals surface area contributed by atoms with Crippen molar-refractivity contribution < 1.29 is 42.2 Å². The zero-order chi connectivity index (χ0) is 25.8. The second-order valence-electron chi connectivity index (χ2n) is 8.46. The van der Waals surface area contributed by atoms with Gasteiger partial charge >= 0.3 is 12.1 Å². The predicted molar refractivity (Wildman–Crippen MR) is 115 cm³/mol. The minimum absolute atomic E-state index is 0.0678. The van der Waals surface area contributed by atoms with Crippen molar-refractivity contribution in [1.82, 2.24) is 4.90 Å². The number of halogens is 4. The van der Waals surface area contributed by atoms with Gasteiger partial charge in [-0.25, -0.2) is 4.79 Å². The number of ether oxygens (including phenoxy) is 2. The maximum atomic E-state index is 13.7. The topological polar surface area (TPSA) is 108 Å². The van der Waals surface area contributed by atoms with E-state index < -0.39 is 53.4 Å². The average molecular weight is 509 g/mol. The zero-order valence-electron chi connectivity index (χ0n) is 18.9. The van der Waals surface area contributed by atoms with E-state index in [9.17, 15) is 32.9 Å². The van der Waals surface area contributed by atoms with Crippen LogP contribution in [0.1, 0.15) is 38.8 Å². The van der Waals surface area contributed by atoms with Crippen LogP contribution in [0.25, 0.3) is 6.08 Å². The first-order valence-corrected chi connectivity index (χ1v) is 10.5. The number of carbonyl (C=O) groups is 2. The fourth-order valence-electron chi connectivity index (χ4n) is 3.19. The van der Waals surface area contributed by atoms with E-state index in [1.807, 2.05) is 20.8 Å². The third kappa shape index (κ3) is 6.99. The Hall–Kier alpha value is -3.02. The Kier molecular flexibility index (Phi) is 8.40. The molecule has 1 atom stereocenters. The number of alkyl halides is 3. The molecule has 0 fully saturated rings. The SMILES string of the molecule is CC(=O)N(CCOC(=O)C1=Cc2cc(Cl)c(C(C)(C)C)cc2OC1C(F)(F)F)CCO[N+](=O)[O-]. The fraction of sp³-hybridized carbons (Fsp3) is 0.524. The maximum Gasteiger partial charge on any atom is 0.430 e. The smallest absolute Gasteiger partial charge is 0.430 e. The summed E-state index contributed by atoms with van der Waals surface area (Å²) in [5, 5.41) is 9.49. The molecular formula is C21H24ClF3N2O7. The summed E-state index contributed by atoms with van der Waals surface area (Å²) in [7, 11) is 0. The van der Waals surface area contributed by atoms with Crippen LogP contribution in [0.2, 0.25) is 5.02 Å². The predicted octanol–water partition coefficient (Wildman–Crippen LogP) is 3.94. The van der Waals surface area contributed by atoms with E-state index in [-0.39, 0.29) is 24.4 Å². The van der Waals surface area contributed by atoms with Crippen LogP contribution in [0.15, 0.2) is 17.7 Å². The van der Waals surface area contributed by atoms with Gasteiger partial charge in [0, 0.05) is 24.1 Å². The van der Waals surface area contributed by atoms with E-state index in [4.69, 9.17) is 21.1 Å². The molecule has 0 aromatic heterocycles. The first-order chi connectivity index (χ1) is 15.6. The van der Waals surface area contributed by atoms with Crippen molar-refractivity contribution in [3.05, 3.63) is 44.0 Å². The van der Waals surface area contributed by atoms with Gasteiger partial charge in [0.1, 0.15) is 19.0 Å². The molecule has 0 aliphatic carbocycles. The molecule has 1 amide bonds. The standard InChI is InChI=1S/C21H24ClF3N2O7/c1-12(28)26(6-8-33-27(30)31)5-7-32-19(29)14-9-13-10-16(22)15(20(2,3)4)11-17(13)34-18(14)21(23,24)25/h9-11,18H,5-8H2,1-4H3. The highest BCUT2D eigenvalue weighted by Gasteiger charge is 2.49. The van der Waals surface area contributed by atoms with E-state index in [2.05, 4.69) is 4.84 Å². The molecule has 0 N–H and O–H groups in total. The zero-order valence-corrected chi connectivity index (χ0v) is 19.7. The summed E-state index contributed by atoms with van der Waals surface area (Å²) < 4.78 is 51.2. The number of fused-ring (bicyclic) bond motifs is 1. The third-order valence-corrected chi connectivity index (χ3v) is 5.19. The van der Waals surface area contributed by atoms with Crippen molar-refractivity contribution in [2.45, 2.75) is 45.4 Å². The average Bonchev–Trinajstić information content (AvgIpc) is 2.69. The molecule has 0 saturated heterocycles. The van der Waals surface area contributed by atoms with E-state index in [1.165, 1.54) is 19.1 Å². The molecule has 1 unspecified atom stereocenters. The van der Waals surface area contributed by atoms with Crippen molar-refractivity contribution >= 4 is 29.6 Å². The molecule has 34 heavy (non-hydrogen) atoms. The first kappa shape index (κ1) is 27.2. The van der Waals surface area contributed by atoms with Gasteiger partial charge in [0.05, 0.1) is 12.1 Å². The minimum Gasteiger partial charge on any atom is -0.475 e. The molecule has 1 aromatic carbocycles. The van der Waals surface area contributed by atoms with Gasteiger partial charge in [0.25, 0.3) is 5.09 Å². The molecule has 9 nitrogen and oxygen atoms in total. The van der Waals surface area contributed by atoms with Gasteiger partial charge in [-0.1, -0.05) is 32.4 Å². The molecular weight excluding hydrogens is 485 g/mol. The monoisotopic (exact) mass is 508 g/mol. The van der Waals surface area contributed by atoms with Crippen LogP contribution in [0.3, 0.4) is 0 Å². The molecule has 0 spiro atoms. The first-order valence-electron chi connectivity index (χ1n) is 10.1. The van der Waals surface area contributed by atoms with Gasteiger partial charge in [-0.2, -0.15) is 13.2 Å². The molecule has 1 aliphatic heterocycles. The lowest BCUT2D eigenvalue weighted by atomic mass is 9.85. The van der Waals surface area contributed by atoms with Gasteiger partial charge in [-0.05, 0) is 29.2 Å². The summed E-state index contributed by atoms with van der Waals surface area (Å²) >= 11 is 6.30. The van der Waals surface area contributed by atoms with Crippen LogP contribution in [-0.4, -0.2) is 60.4 Å².